The highest BCUT2D eigenvalue weighted by atomic mass is 15.2. The van der Waals surface area contributed by atoms with Crippen molar-refractivity contribution in [3.05, 3.63) is 448 Å². The summed E-state index contributed by atoms with van der Waals surface area (Å²) in [4.78, 5) is 26.0. The van der Waals surface area contributed by atoms with Crippen LogP contribution < -0.4 is 9.80 Å². The van der Waals surface area contributed by atoms with Gasteiger partial charge in [-0.1, -0.05) is 299 Å². The maximum atomic E-state index is 5.47. The number of fused-ring (bicyclic) bond motifs is 23. The van der Waals surface area contributed by atoms with Crippen molar-refractivity contribution in [3.63, 3.8) is 0 Å². The fourth-order valence-corrected chi connectivity index (χ4v) is 20.1. The summed E-state index contributed by atoms with van der Waals surface area (Å²) < 4.78 is 9.16. The molecule has 0 spiro atoms. The van der Waals surface area contributed by atoms with Gasteiger partial charge in [0.2, 0.25) is 11.9 Å². The molecule has 0 atom stereocenters. The van der Waals surface area contributed by atoms with Crippen LogP contribution in [0.5, 0.6) is 0 Å². The van der Waals surface area contributed by atoms with Crippen LogP contribution in [0.25, 0.3) is 188 Å². The van der Waals surface area contributed by atoms with Crippen LogP contribution in [0.2, 0.25) is 0 Å². The summed E-state index contributed by atoms with van der Waals surface area (Å²) in [5.74, 6) is 1.62. The third-order valence-electron chi connectivity index (χ3n) is 26.2. The van der Waals surface area contributed by atoms with E-state index >= 15 is 0 Å². The molecule has 0 fully saturated rings. The molecule has 0 N–H and O–H groups in total. The number of nitrogens with zero attached hydrogens (tertiary/aromatic N) is 10. The second-order valence-corrected chi connectivity index (χ2v) is 33.7. The Hall–Kier alpha value is -16.8. The van der Waals surface area contributed by atoms with Crippen LogP contribution in [-0.2, 0) is 5.41 Å². The number of hydrogen-bond donors (Lipinski definition) is 0. The van der Waals surface area contributed by atoms with Crippen LogP contribution >= 0.6 is 0 Å². The summed E-state index contributed by atoms with van der Waals surface area (Å²) in [7, 11) is 0. The number of anilines is 6. The van der Waals surface area contributed by atoms with Crippen molar-refractivity contribution in [1.82, 2.24) is 37.9 Å². The standard InChI is InChI=1S/C60H39N5.C57H39N5/c1-3-13-40(14-4-1)42-23-31-47(32-24-42)63(48-33-25-43(26-34-48)41-15-5-2-6-16-41)49-35-27-44(28-36-49)46-30-37-55-52(39-46)58-50-18-8-7-17-45(50)29-38-57(58)64(55)60-62-53-20-10-9-19-51(53)59-61-54-21-11-12-22-56(54)65(59)60;1-57(2)47-20-10-8-18-43(47)44-31-29-41(35-48(44)57)60(39-27-24-37(25-28-39)36-14-4-3-5-15-36)40-30-33-51-46(34-40)54-42-17-7-6-16-38(42)26-32-53(54)61(51)56-59-49-21-11-9-19-45(49)55-58-50-22-12-13-23-52(50)62(55)56/h1-39H;3-35H,1-2H3. The Kier molecular flexibility index (Phi) is 16.8. The molecule has 25 aromatic rings. The van der Waals surface area contributed by atoms with Crippen molar-refractivity contribution >= 4 is 154 Å². The first-order valence-electron chi connectivity index (χ1n) is 43.4. The molecule has 0 amide bonds. The Labute approximate surface area is 732 Å². The molecule has 6 heterocycles. The van der Waals surface area contributed by atoms with Gasteiger partial charge < -0.3 is 9.80 Å². The van der Waals surface area contributed by atoms with Crippen LogP contribution in [0.1, 0.15) is 25.0 Å². The molecule has 19 aromatic carbocycles. The molecule has 1 aliphatic carbocycles. The van der Waals surface area contributed by atoms with E-state index in [1.54, 1.807) is 0 Å². The SMILES string of the molecule is CC1(C)c2ccccc2-c2ccc(N(c3ccc(-c4ccccc4)cc3)c3ccc4c(c3)c3c5ccccc5ccc3n4-c3nc4ccccc4c4nc5ccccc5n34)cc21.c1ccc(-c2ccc(N(c3ccc(-c4ccccc4)cc3)c3ccc(-c4ccc5c(c4)c4c6ccccc6ccc4n5-c4nc5ccccc5c5nc6ccccc6n45)cc3)cc2)cc1. The predicted molar refractivity (Wildman–Crippen MR) is 528 cm³/mol. The minimum Gasteiger partial charge on any atom is -0.311 e. The molecule has 26 rings (SSSR count). The summed E-state index contributed by atoms with van der Waals surface area (Å²) in [5.41, 5.74) is 33.1. The number of para-hydroxylation sites is 6. The van der Waals surface area contributed by atoms with Crippen LogP contribution in [0.15, 0.2) is 437 Å². The van der Waals surface area contributed by atoms with Gasteiger partial charge in [-0.3, -0.25) is 17.9 Å². The zero-order valence-corrected chi connectivity index (χ0v) is 69.5. The lowest BCUT2D eigenvalue weighted by Crippen LogP contribution is -2.16. The Morgan fingerprint density at radius 3 is 1.02 bits per heavy atom. The van der Waals surface area contributed by atoms with Crippen molar-refractivity contribution in [2.45, 2.75) is 19.3 Å². The topological polar surface area (TPSA) is 76.7 Å². The van der Waals surface area contributed by atoms with Crippen molar-refractivity contribution in [1.29, 1.82) is 0 Å². The van der Waals surface area contributed by atoms with Crippen molar-refractivity contribution in [2.75, 3.05) is 9.80 Å². The molecule has 1 aliphatic rings. The summed E-state index contributed by atoms with van der Waals surface area (Å²) in [6.07, 6.45) is 0. The molecular weight excluding hydrogens is 1550 g/mol. The Balaban J connectivity index is 0.000000138. The van der Waals surface area contributed by atoms with E-state index in [2.05, 4.69) is 478 Å². The Bertz CT molecular complexity index is 8630. The molecule has 0 radical (unpaired) electrons. The molecule has 0 saturated heterocycles. The molecule has 127 heavy (non-hydrogen) atoms. The molecule has 10 nitrogen and oxygen atoms in total. The van der Waals surface area contributed by atoms with Gasteiger partial charge in [-0.2, -0.15) is 0 Å². The van der Waals surface area contributed by atoms with Gasteiger partial charge in [0, 0.05) is 71.9 Å². The average molecular weight is 1620 g/mol. The van der Waals surface area contributed by atoms with Crippen LogP contribution in [-0.4, -0.2) is 37.9 Å². The van der Waals surface area contributed by atoms with Crippen molar-refractivity contribution in [2.24, 2.45) is 0 Å². The quantitative estimate of drug-likeness (QED) is 0.121. The lowest BCUT2D eigenvalue weighted by atomic mass is 9.82. The number of imidazole rings is 2. The number of aromatic nitrogens is 8. The molecule has 596 valence electrons. The summed E-state index contributed by atoms with van der Waals surface area (Å²) in [6, 6.07) is 157. The predicted octanol–water partition coefficient (Wildman–Crippen LogP) is 30.5. The largest absolute Gasteiger partial charge is 0.311 e. The van der Waals surface area contributed by atoms with Gasteiger partial charge in [-0.15, -0.1) is 0 Å². The van der Waals surface area contributed by atoms with Crippen LogP contribution in [0.4, 0.5) is 34.1 Å². The number of hydrogen-bond acceptors (Lipinski definition) is 6. The van der Waals surface area contributed by atoms with Gasteiger partial charge in [0.05, 0.1) is 55.2 Å². The van der Waals surface area contributed by atoms with E-state index < -0.39 is 0 Å². The van der Waals surface area contributed by atoms with Gasteiger partial charge in [0.25, 0.3) is 0 Å². The second kappa shape index (κ2) is 29.2. The zero-order valence-electron chi connectivity index (χ0n) is 69.5. The van der Waals surface area contributed by atoms with Crippen LogP contribution in [0.3, 0.4) is 0 Å². The molecule has 0 saturated carbocycles. The highest BCUT2D eigenvalue weighted by Crippen LogP contribution is 2.52. The average Bonchev–Trinajstić information content (AvgIpc) is 1.57. The molecule has 0 unspecified atom stereocenters. The number of rotatable bonds is 12. The fraction of sp³-hybridized carbons (Fsp3) is 0.0256. The van der Waals surface area contributed by atoms with E-state index in [0.29, 0.717) is 0 Å². The van der Waals surface area contributed by atoms with Gasteiger partial charge >= 0.3 is 0 Å². The lowest BCUT2D eigenvalue weighted by molar-refractivity contribution is 0.660. The normalized spacial score (nSPS) is 12.4. The van der Waals surface area contributed by atoms with E-state index in [0.717, 1.165) is 140 Å². The smallest absolute Gasteiger partial charge is 0.221 e. The van der Waals surface area contributed by atoms with Gasteiger partial charge in [-0.25, -0.2) is 19.9 Å². The van der Waals surface area contributed by atoms with Gasteiger partial charge in [0.1, 0.15) is 11.3 Å². The Morgan fingerprint density at radius 2 is 0.543 bits per heavy atom. The highest BCUT2D eigenvalue weighted by Gasteiger charge is 2.36. The van der Waals surface area contributed by atoms with E-state index in [1.165, 1.54) is 93.3 Å². The third-order valence-corrected chi connectivity index (χ3v) is 26.2. The highest BCUT2D eigenvalue weighted by molar-refractivity contribution is 6.24. The first-order valence-corrected chi connectivity index (χ1v) is 43.4. The second-order valence-electron chi connectivity index (χ2n) is 33.7. The summed E-state index contributed by atoms with van der Waals surface area (Å²) >= 11 is 0. The van der Waals surface area contributed by atoms with Gasteiger partial charge in [-0.05, 0) is 240 Å². The number of benzene rings is 19. The molecule has 10 heteroatoms. The van der Waals surface area contributed by atoms with E-state index in [9.17, 15) is 0 Å². The van der Waals surface area contributed by atoms with Gasteiger partial charge in [0.15, 0.2) is 0 Å². The van der Waals surface area contributed by atoms with Crippen LogP contribution in [0, 0.1) is 0 Å². The third kappa shape index (κ3) is 11.9. The summed E-state index contributed by atoms with van der Waals surface area (Å²) in [6.45, 7) is 4.71. The van der Waals surface area contributed by atoms with E-state index in [1.807, 2.05) is 0 Å². The maximum Gasteiger partial charge on any atom is 0.221 e. The molecule has 0 bridgehead atoms. The zero-order chi connectivity index (χ0) is 84.0. The van der Waals surface area contributed by atoms with Crippen molar-refractivity contribution in [3.8, 4) is 67.5 Å². The van der Waals surface area contributed by atoms with Crippen molar-refractivity contribution < 1.29 is 0 Å². The fourth-order valence-electron chi connectivity index (χ4n) is 20.1. The van der Waals surface area contributed by atoms with E-state index in [-0.39, 0.29) is 5.41 Å². The molecule has 0 aliphatic heterocycles. The first-order chi connectivity index (χ1) is 62.7. The molecular formula is C117H78N10. The minimum atomic E-state index is -0.142. The minimum absolute atomic E-state index is 0.142. The molecule has 6 aromatic heterocycles. The van der Waals surface area contributed by atoms with E-state index in [4.69, 9.17) is 19.9 Å². The first kappa shape index (κ1) is 72.9. The monoisotopic (exact) mass is 1620 g/mol. The lowest BCUT2D eigenvalue weighted by Gasteiger charge is -2.28. The Morgan fingerprint density at radius 1 is 0.213 bits per heavy atom. The summed E-state index contributed by atoms with van der Waals surface area (Å²) in [5, 5.41) is 11.6. The maximum absolute atomic E-state index is 5.47.